The molecule has 0 radical (unpaired) electrons. The third-order valence-corrected chi connectivity index (χ3v) is 5.23. The summed E-state index contributed by atoms with van der Waals surface area (Å²) in [5.41, 5.74) is 0.638. The van der Waals surface area contributed by atoms with E-state index in [0.717, 1.165) is 17.8 Å². The quantitative estimate of drug-likeness (QED) is 0.486. The molecular weight excluding hydrogens is 234 g/mol. The van der Waals surface area contributed by atoms with Crippen LogP contribution in [0, 0.1) is 36.0 Å². The maximum Gasteiger partial charge on any atom is 0 e. The van der Waals surface area contributed by atoms with Gasteiger partial charge in [0, 0.05) is 19.5 Å². The van der Waals surface area contributed by atoms with Crippen molar-refractivity contribution in [2.24, 2.45) is 29.1 Å². The Morgan fingerprint density at radius 1 is 1.27 bits per heavy atom. The van der Waals surface area contributed by atoms with Crippen LogP contribution in [0.15, 0.2) is 0 Å². The molecule has 0 N–H and O–H groups in total. The Bertz CT molecular complexity index is 203. The summed E-state index contributed by atoms with van der Waals surface area (Å²) < 4.78 is 0. The van der Waals surface area contributed by atoms with Gasteiger partial charge in [0.15, 0.2) is 0 Å². The second-order valence-electron chi connectivity index (χ2n) is 6.14. The van der Waals surface area contributed by atoms with E-state index in [1.165, 1.54) is 32.1 Å². The van der Waals surface area contributed by atoms with Crippen molar-refractivity contribution >= 4 is 0 Å². The van der Waals surface area contributed by atoms with E-state index in [2.05, 4.69) is 27.7 Å². The van der Waals surface area contributed by atoms with Gasteiger partial charge in [-0.3, -0.25) is 0 Å². The Hall–Kier alpha value is 0.623. The van der Waals surface area contributed by atoms with Gasteiger partial charge in [-0.05, 0) is 30.1 Å². The predicted octanol–water partition coefficient (Wildman–Crippen LogP) is 4.31. The molecule has 0 bridgehead atoms. The van der Waals surface area contributed by atoms with Gasteiger partial charge in [-0.25, -0.2) is 0 Å². The van der Waals surface area contributed by atoms with Crippen molar-refractivity contribution in [1.29, 1.82) is 0 Å². The normalized spacial score (nSPS) is 46.8. The molecule has 84 valence electrons. The zero-order valence-corrected chi connectivity index (χ0v) is 13.7. The molecule has 0 saturated heterocycles. The van der Waals surface area contributed by atoms with E-state index in [9.17, 15) is 0 Å². The number of rotatable bonds is 1. The van der Waals surface area contributed by atoms with Gasteiger partial charge in [-0.1, -0.05) is 46.0 Å². The fourth-order valence-corrected chi connectivity index (χ4v) is 4.54. The molecule has 0 aliphatic heterocycles. The molecule has 15 heavy (non-hydrogen) atoms. The van der Waals surface area contributed by atoms with Gasteiger partial charge in [0.1, 0.15) is 0 Å². The van der Waals surface area contributed by atoms with Gasteiger partial charge in [0.25, 0.3) is 0 Å². The van der Waals surface area contributed by atoms with Crippen LogP contribution in [0.5, 0.6) is 0 Å². The van der Waals surface area contributed by atoms with Crippen molar-refractivity contribution in [1.82, 2.24) is 0 Å². The third kappa shape index (κ3) is 2.19. The van der Waals surface area contributed by atoms with E-state index >= 15 is 0 Å². The van der Waals surface area contributed by atoms with Crippen LogP contribution in [-0.4, -0.2) is 0 Å². The molecule has 2 fully saturated rings. The van der Waals surface area contributed by atoms with Crippen molar-refractivity contribution in [3.05, 3.63) is 6.92 Å². The van der Waals surface area contributed by atoms with E-state index in [4.69, 9.17) is 0 Å². The van der Waals surface area contributed by atoms with Crippen molar-refractivity contribution in [3.63, 3.8) is 0 Å². The second-order valence-corrected chi connectivity index (χ2v) is 6.14. The van der Waals surface area contributed by atoms with Crippen LogP contribution < -0.4 is 0 Å². The van der Waals surface area contributed by atoms with Crippen LogP contribution in [0.25, 0.3) is 0 Å². The predicted molar refractivity (Wildman–Crippen MR) is 61.9 cm³/mol. The van der Waals surface area contributed by atoms with Crippen LogP contribution in [-0.2, 0) is 19.5 Å². The first-order valence-corrected chi connectivity index (χ1v) is 6.39. The Kier molecular flexibility index (Phi) is 4.44. The number of hydrogen-bond acceptors (Lipinski definition) is 0. The van der Waals surface area contributed by atoms with Crippen molar-refractivity contribution in [2.75, 3.05) is 0 Å². The molecular formula is C14H25Zn-. The summed E-state index contributed by atoms with van der Waals surface area (Å²) in [6, 6.07) is 0. The number of fused-ring (bicyclic) bond motifs is 1. The first-order chi connectivity index (χ1) is 6.55. The fraction of sp³-hybridized carbons (Fsp3) is 0.929. The smallest absolute Gasteiger partial charge is 0 e. The molecule has 2 saturated carbocycles. The monoisotopic (exact) mass is 257 g/mol. The van der Waals surface area contributed by atoms with E-state index in [0.29, 0.717) is 11.3 Å². The largest absolute Gasteiger partial charge is 0.340 e. The van der Waals surface area contributed by atoms with E-state index < -0.39 is 0 Å². The molecule has 0 spiro atoms. The average Bonchev–Trinajstić information content (AvgIpc) is 2.43. The van der Waals surface area contributed by atoms with Gasteiger partial charge >= 0.3 is 0 Å². The summed E-state index contributed by atoms with van der Waals surface area (Å²) in [5, 5.41) is 0. The standard InChI is InChI=1S/C14H25.Zn/c1-10(2)12-7-8-13-11(3)6-5-9-14(12,13)4;/h10-13H,1,5-9H2,2-4H3;/q-1;/t10-,11+,12?,13?,14-;/m1./s1. The summed E-state index contributed by atoms with van der Waals surface area (Å²) in [6.45, 7) is 11.6. The third-order valence-electron chi connectivity index (χ3n) is 5.23. The van der Waals surface area contributed by atoms with Crippen LogP contribution in [0.2, 0.25) is 0 Å². The Morgan fingerprint density at radius 3 is 2.53 bits per heavy atom. The van der Waals surface area contributed by atoms with Gasteiger partial charge in [0.2, 0.25) is 0 Å². The fourth-order valence-electron chi connectivity index (χ4n) is 4.54. The Balaban J connectivity index is 0.00000112. The molecule has 5 atom stereocenters. The summed E-state index contributed by atoms with van der Waals surface area (Å²) >= 11 is 0. The van der Waals surface area contributed by atoms with E-state index in [1.54, 1.807) is 0 Å². The van der Waals surface area contributed by atoms with E-state index in [1.807, 2.05) is 0 Å². The maximum atomic E-state index is 4.28. The van der Waals surface area contributed by atoms with Crippen LogP contribution >= 0.6 is 0 Å². The van der Waals surface area contributed by atoms with Crippen molar-refractivity contribution < 1.29 is 19.5 Å². The first kappa shape index (κ1) is 13.7. The zero-order chi connectivity index (χ0) is 10.3. The van der Waals surface area contributed by atoms with Crippen LogP contribution in [0.4, 0.5) is 0 Å². The summed E-state index contributed by atoms with van der Waals surface area (Å²) in [7, 11) is 0. The molecule has 0 aromatic rings. The van der Waals surface area contributed by atoms with E-state index in [-0.39, 0.29) is 19.5 Å². The molecule has 0 aromatic heterocycles. The van der Waals surface area contributed by atoms with Gasteiger partial charge in [-0.2, -0.15) is 5.92 Å². The Labute approximate surface area is 108 Å². The van der Waals surface area contributed by atoms with Crippen molar-refractivity contribution in [3.8, 4) is 0 Å². The molecule has 1 heteroatoms. The Morgan fingerprint density at radius 2 is 1.93 bits per heavy atom. The van der Waals surface area contributed by atoms with Gasteiger partial charge in [-0.15, -0.1) is 0 Å². The van der Waals surface area contributed by atoms with Crippen LogP contribution in [0.1, 0.15) is 52.9 Å². The average molecular weight is 259 g/mol. The maximum absolute atomic E-state index is 4.28. The molecule has 2 aliphatic rings. The van der Waals surface area contributed by atoms with Gasteiger partial charge < -0.3 is 6.92 Å². The summed E-state index contributed by atoms with van der Waals surface area (Å²) in [5.74, 6) is 3.52. The zero-order valence-electron chi connectivity index (χ0n) is 10.8. The first-order valence-electron chi connectivity index (χ1n) is 6.39. The summed E-state index contributed by atoms with van der Waals surface area (Å²) in [6.07, 6.45) is 7.31. The summed E-state index contributed by atoms with van der Waals surface area (Å²) in [4.78, 5) is 0. The topological polar surface area (TPSA) is 0 Å². The number of hydrogen-bond donors (Lipinski definition) is 0. The minimum absolute atomic E-state index is 0. The molecule has 0 nitrogen and oxygen atoms in total. The molecule has 2 aliphatic carbocycles. The van der Waals surface area contributed by atoms with Gasteiger partial charge in [0.05, 0.1) is 0 Å². The molecule has 2 unspecified atom stereocenters. The molecule has 0 amide bonds. The molecule has 0 aromatic carbocycles. The minimum atomic E-state index is 0. The minimum Gasteiger partial charge on any atom is -0.340 e. The van der Waals surface area contributed by atoms with Crippen molar-refractivity contribution in [2.45, 2.75) is 52.9 Å². The molecule has 0 heterocycles. The van der Waals surface area contributed by atoms with Crippen LogP contribution in [0.3, 0.4) is 0 Å². The SMILES string of the molecule is [CH2-][C@H](C)C1CCC2[C@@H](C)CCC[C@]12C.[Zn]. The second kappa shape index (κ2) is 4.86. The molecule has 2 rings (SSSR count).